The molecule has 0 N–H and O–H groups in total. The van der Waals surface area contributed by atoms with E-state index in [1.54, 1.807) is 12.1 Å². The minimum atomic E-state index is -3.23. The third kappa shape index (κ3) is 3.49. The highest BCUT2D eigenvalue weighted by Crippen LogP contribution is 2.22. The average Bonchev–Trinajstić information content (AvgIpc) is 2.32. The Bertz CT molecular complexity index is 235. The predicted octanol–water partition coefficient (Wildman–Crippen LogP) is 3.59. The standard InChI is InChI=1S/C7H5ClF2S/c8-7(9,10)4-3-6-2-1-5-11-6/h1-5H. The molecule has 0 atom stereocenters. The van der Waals surface area contributed by atoms with Gasteiger partial charge >= 0.3 is 5.38 Å². The quantitative estimate of drug-likeness (QED) is 0.632. The maximum absolute atomic E-state index is 12.0. The van der Waals surface area contributed by atoms with E-state index in [2.05, 4.69) is 11.6 Å². The van der Waals surface area contributed by atoms with Gasteiger partial charge in [0, 0.05) is 11.0 Å². The van der Waals surface area contributed by atoms with Crippen molar-refractivity contribution in [3.63, 3.8) is 0 Å². The molecule has 0 saturated heterocycles. The molecule has 1 heterocycles. The molecule has 0 radical (unpaired) electrons. The largest absolute Gasteiger partial charge is 0.341 e. The van der Waals surface area contributed by atoms with Gasteiger partial charge in [0.1, 0.15) is 0 Å². The van der Waals surface area contributed by atoms with Gasteiger partial charge in [0.25, 0.3) is 0 Å². The van der Waals surface area contributed by atoms with Crippen molar-refractivity contribution in [1.82, 2.24) is 0 Å². The third-order valence-corrected chi connectivity index (χ3v) is 1.94. The SMILES string of the molecule is FC(F)(Cl)C=Cc1cccs1. The summed E-state index contributed by atoms with van der Waals surface area (Å²) < 4.78 is 24.0. The molecule has 0 saturated carbocycles. The van der Waals surface area contributed by atoms with Crippen molar-refractivity contribution in [2.75, 3.05) is 0 Å². The summed E-state index contributed by atoms with van der Waals surface area (Å²) in [6.45, 7) is 0. The first-order chi connectivity index (χ1) is 5.08. The molecule has 1 rings (SSSR count). The van der Waals surface area contributed by atoms with Crippen LogP contribution in [0.15, 0.2) is 23.6 Å². The van der Waals surface area contributed by atoms with E-state index >= 15 is 0 Å². The van der Waals surface area contributed by atoms with E-state index in [4.69, 9.17) is 0 Å². The molecule has 11 heavy (non-hydrogen) atoms. The zero-order valence-corrected chi connectivity index (χ0v) is 7.00. The van der Waals surface area contributed by atoms with Gasteiger partial charge in [0.05, 0.1) is 0 Å². The first kappa shape index (κ1) is 8.68. The van der Waals surface area contributed by atoms with E-state index in [-0.39, 0.29) is 0 Å². The molecule has 0 bridgehead atoms. The molecule has 1 aromatic rings. The van der Waals surface area contributed by atoms with E-state index in [0.29, 0.717) is 6.08 Å². The maximum atomic E-state index is 12.0. The van der Waals surface area contributed by atoms with Gasteiger partial charge in [-0.3, -0.25) is 0 Å². The van der Waals surface area contributed by atoms with Gasteiger partial charge in [-0.1, -0.05) is 6.07 Å². The highest BCUT2D eigenvalue weighted by Gasteiger charge is 2.18. The van der Waals surface area contributed by atoms with Crippen molar-refractivity contribution in [3.05, 3.63) is 28.5 Å². The highest BCUT2D eigenvalue weighted by atomic mass is 35.5. The number of hydrogen-bond donors (Lipinski definition) is 0. The van der Waals surface area contributed by atoms with Crippen LogP contribution in [0.3, 0.4) is 0 Å². The lowest BCUT2D eigenvalue weighted by Crippen LogP contribution is -1.97. The molecule has 0 nitrogen and oxygen atoms in total. The second kappa shape index (κ2) is 3.32. The van der Waals surface area contributed by atoms with Gasteiger partial charge in [-0.2, -0.15) is 8.78 Å². The molecule has 0 aliphatic heterocycles. The van der Waals surface area contributed by atoms with Gasteiger partial charge in [-0.25, -0.2) is 0 Å². The smallest absolute Gasteiger partial charge is 0.184 e. The summed E-state index contributed by atoms with van der Waals surface area (Å²) in [5.41, 5.74) is 0. The Hall–Kier alpha value is -0.410. The van der Waals surface area contributed by atoms with Crippen LogP contribution in [0.1, 0.15) is 4.88 Å². The van der Waals surface area contributed by atoms with Gasteiger partial charge in [-0.15, -0.1) is 11.3 Å². The van der Waals surface area contributed by atoms with Crippen molar-refractivity contribution in [2.24, 2.45) is 0 Å². The van der Waals surface area contributed by atoms with Crippen molar-refractivity contribution in [3.8, 4) is 0 Å². The van der Waals surface area contributed by atoms with Gasteiger partial charge in [-0.05, 0) is 29.1 Å². The van der Waals surface area contributed by atoms with Crippen LogP contribution < -0.4 is 0 Å². The molecule has 0 unspecified atom stereocenters. The summed E-state index contributed by atoms with van der Waals surface area (Å²) in [6.07, 6.45) is 1.97. The van der Waals surface area contributed by atoms with E-state index in [1.807, 2.05) is 5.38 Å². The van der Waals surface area contributed by atoms with Crippen LogP contribution in [-0.2, 0) is 0 Å². The Morgan fingerprint density at radius 3 is 2.73 bits per heavy atom. The normalized spacial score (nSPS) is 12.6. The number of allylic oxidation sites excluding steroid dienone is 1. The average molecular weight is 195 g/mol. The molecule has 4 heteroatoms. The lowest BCUT2D eigenvalue weighted by Gasteiger charge is -1.96. The summed E-state index contributed by atoms with van der Waals surface area (Å²) in [6, 6.07) is 3.53. The zero-order chi connectivity index (χ0) is 8.32. The predicted molar refractivity (Wildman–Crippen MR) is 44.2 cm³/mol. The van der Waals surface area contributed by atoms with Gasteiger partial charge in [0.2, 0.25) is 0 Å². The Kier molecular flexibility index (Phi) is 2.62. The summed E-state index contributed by atoms with van der Waals surface area (Å²) in [5.74, 6) is 0. The number of alkyl halides is 3. The monoisotopic (exact) mass is 194 g/mol. The summed E-state index contributed by atoms with van der Waals surface area (Å²) >= 11 is 6.02. The van der Waals surface area contributed by atoms with Crippen molar-refractivity contribution in [2.45, 2.75) is 5.38 Å². The molecule has 0 aliphatic rings. The van der Waals surface area contributed by atoms with Gasteiger partial charge < -0.3 is 0 Å². The van der Waals surface area contributed by atoms with Crippen LogP contribution in [0.25, 0.3) is 6.08 Å². The fourth-order valence-corrected chi connectivity index (χ4v) is 1.24. The molecule has 60 valence electrons. The molecule has 0 amide bonds. The van der Waals surface area contributed by atoms with Crippen LogP contribution in [0.5, 0.6) is 0 Å². The van der Waals surface area contributed by atoms with Crippen LogP contribution in [0.4, 0.5) is 8.78 Å². The lowest BCUT2D eigenvalue weighted by molar-refractivity contribution is 0.154. The van der Waals surface area contributed by atoms with Crippen LogP contribution in [0.2, 0.25) is 0 Å². The Labute approximate surface area is 72.1 Å². The summed E-state index contributed by atoms with van der Waals surface area (Å²) in [7, 11) is 0. The van der Waals surface area contributed by atoms with E-state index < -0.39 is 5.38 Å². The lowest BCUT2D eigenvalue weighted by atomic mass is 10.4. The third-order valence-electron chi connectivity index (χ3n) is 0.980. The number of halogens is 3. The zero-order valence-electron chi connectivity index (χ0n) is 5.43. The highest BCUT2D eigenvalue weighted by molar-refractivity contribution is 7.10. The first-order valence-electron chi connectivity index (χ1n) is 2.87. The van der Waals surface area contributed by atoms with Crippen molar-refractivity contribution >= 4 is 29.0 Å². The van der Waals surface area contributed by atoms with E-state index in [0.717, 1.165) is 4.88 Å². The molecule has 0 aliphatic carbocycles. The summed E-state index contributed by atoms with van der Waals surface area (Å²) in [4.78, 5) is 0.769. The number of hydrogen-bond acceptors (Lipinski definition) is 1. The molecular weight excluding hydrogens is 190 g/mol. The molecule has 1 aromatic heterocycles. The van der Waals surface area contributed by atoms with E-state index in [1.165, 1.54) is 17.4 Å². The van der Waals surface area contributed by atoms with Crippen LogP contribution in [-0.4, -0.2) is 5.38 Å². The van der Waals surface area contributed by atoms with Crippen LogP contribution >= 0.6 is 22.9 Å². The fourth-order valence-electron chi connectivity index (χ4n) is 0.563. The first-order valence-corrected chi connectivity index (χ1v) is 4.13. The Morgan fingerprint density at radius 1 is 1.55 bits per heavy atom. The second-order valence-corrected chi connectivity index (χ2v) is 3.37. The maximum Gasteiger partial charge on any atom is 0.341 e. The van der Waals surface area contributed by atoms with E-state index in [9.17, 15) is 8.78 Å². The Morgan fingerprint density at radius 2 is 2.27 bits per heavy atom. The van der Waals surface area contributed by atoms with Crippen molar-refractivity contribution in [1.29, 1.82) is 0 Å². The van der Waals surface area contributed by atoms with Crippen LogP contribution in [0, 0.1) is 0 Å². The topological polar surface area (TPSA) is 0 Å². The van der Waals surface area contributed by atoms with Crippen molar-refractivity contribution < 1.29 is 8.78 Å². The molecule has 0 aromatic carbocycles. The minimum Gasteiger partial charge on any atom is -0.184 e. The molecule has 0 spiro atoms. The molecular formula is C7H5ClF2S. The minimum absolute atomic E-state index is 0.667. The molecule has 0 fully saturated rings. The number of thiophene rings is 1. The summed E-state index contributed by atoms with van der Waals surface area (Å²) in [5, 5.41) is -1.42. The number of rotatable bonds is 2. The fraction of sp³-hybridized carbons (Fsp3) is 0.143. The van der Waals surface area contributed by atoms with Gasteiger partial charge in [0.15, 0.2) is 0 Å². The Balaban J connectivity index is 2.63. The second-order valence-electron chi connectivity index (χ2n) is 1.89.